The number of imide groups is 1. The van der Waals surface area contributed by atoms with Gasteiger partial charge in [0.2, 0.25) is 5.91 Å². The van der Waals surface area contributed by atoms with Crippen molar-refractivity contribution in [1.82, 2.24) is 15.1 Å². The molecule has 0 saturated carbocycles. The summed E-state index contributed by atoms with van der Waals surface area (Å²) in [5, 5.41) is 11.3. The third-order valence-corrected chi connectivity index (χ3v) is 3.42. The summed E-state index contributed by atoms with van der Waals surface area (Å²) in [4.78, 5) is 47.8. The third-order valence-electron chi connectivity index (χ3n) is 2.78. The number of likely N-dealkylation sites (N-methyl/N-ethyl adjacent to an activating group) is 1. The molecule has 4 amide bonds. The maximum atomic E-state index is 11.7. The number of hydrogen-bond donors (Lipinski definition) is 2. The zero-order valence-electron chi connectivity index (χ0n) is 11.3. The van der Waals surface area contributed by atoms with Gasteiger partial charge in [0.1, 0.15) is 19.1 Å². The minimum atomic E-state index is -1.14. The van der Waals surface area contributed by atoms with Crippen LogP contribution < -0.4 is 5.32 Å². The number of amides is 4. The summed E-state index contributed by atoms with van der Waals surface area (Å²) >= 11 is 1.47. The number of urea groups is 1. The molecule has 0 bridgehead atoms. The van der Waals surface area contributed by atoms with Crippen LogP contribution in [0.15, 0.2) is 0 Å². The average molecular weight is 303 g/mol. The van der Waals surface area contributed by atoms with E-state index in [0.29, 0.717) is 5.75 Å². The van der Waals surface area contributed by atoms with E-state index in [1.807, 2.05) is 6.26 Å². The van der Waals surface area contributed by atoms with Crippen molar-refractivity contribution in [3.63, 3.8) is 0 Å². The largest absolute Gasteiger partial charge is 0.480 e. The van der Waals surface area contributed by atoms with Gasteiger partial charge in [0.05, 0.1) is 0 Å². The molecule has 1 heterocycles. The van der Waals surface area contributed by atoms with Gasteiger partial charge in [-0.1, -0.05) is 0 Å². The smallest absolute Gasteiger partial charge is 0.327 e. The van der Waals surface area contributed by atoms with E-state index in [-0.39, 0.29) is 13.0 Å². The fourth-order valence-electron chi connectivity index (χ4n) is 1.70. The molecule has 1 rings (SSSR count). The second kappa shape index (κ2) is 7.13. The van der Waals surface area contributed by atoms with E-state index in [4.69, 9.17) is 5.11 Å². The van der Waals surface area contributed by atoms with Crippen molar-refractivity contribution in [2.24, 2.45) is 0 Å². The van der Waals surface area contributed by atoms with Gasteiger partial charge in [0.25, 0.3) is 5.91 Å². The topological polar surface area (TPSA) is 107 Å². The summed E-state index contributed by atoms with van der Waals surface area (Å²) in [5.41, 5.74) is 0. The van der Waals surface area contributed by atoms with Gasteiger partial charge >= 0.3 is 12.0 Å². The first-order valence-electron chi connectivity index (χ1n) is 5.93. The summed E-state index contributed by atoms with van der Waals surface area (Å²) in [6, 6.07) is -1.57. The molecule has 0 aromatic heterocycles. The molecule has 0 aliphatic carbocycles. The number of carboxylic acid groups (broad SMARTS) is 1. The van der Waals surface area contributed by atoms with Gasteiger partial charge in [-0.25, -0.2) is 9.59 Å². The van der Waals surface area contributed by atoms with E-state index >= 15 is 0 Å². The number of hydrogen-bond acceptors (Lipinski definition) is 5. The summed E-state index contributed by atoms with van der Waals surface area (Å²) in [6.45, 7) is -0.522. The Morgan fingerprint density at radius 1 is 1.45 bits per heavy atom. The quantitative estimate of drug-likeness (QED) is 0.596. The molecule has 20 heavy (non-hydrogen) atoms. The highest BCUT2D eigenvalue weighted by atomic mass is 32.2. The van der Waals surface area contributed by atoms with Gasteiger partial charge in [-0.3, -0.25) is 14.5 Å². The van der Waals surface area contributed by atoms with Crippen LogP contribution in [0.3, 0.4) is 0 Å². The number of aliphatic carboxylic acids is 1. The van der Waals surface area contributed by atoms with Gasteiger partial charge in [-0.05, 0) is 18.4 Å². The second-order valence-electron chi connectivity index (χ2n) is 4.36. The van der Waals surface area contributed by atoms with Crippen molar-refractivity contribution >= 4 is 35.6 Å². The molecular formula is C11H17N3O5S. The van der Waals surface area contributed by atoms with Crippen molar-refractivity contribution in [3.8, 4) is 0 Å². The number of rotatable bonds is 7. The SMILES string of the molecule is CSCC[C@@H](NC(=O)CN1C(=O)CN(C)C1=O)C(=O)O. The van der Waals surface area contributed by atoms with E-state index in [9.17, 15) is 19.2 Å². The van der Waals surface area contributed by atoms with Gasteiger partial charge in [-0.15, -0.1) is 0 Å². The first kappa shape index (κ1) is 16.3. The van der Waals surface area contributed by atoms with Crippen LogP contribution in [-0.2, 0) is 14.4 Å². The standard InChI is InChI=1S/C11H17N3O5S/c1-13-6-9(16)14(11(13)19)5-8(15)12-7(10(17)18)3-4-20-2/h7H,3-6H2,1-2H3,(H,12,15)(H,17,18)/t7-/m1/s1. The number of thioether (sulfide) groups is 1. The summed E-state index contributed by atoms with van der Waals surface area (Å²) in [6.07, 6.45) is 2.11. The lowest BCUT2D eigenvalue weighted by atomic mass is 10.2. The summed E-state index contributed by atoms with van der Waals surface area (Å²) in [7, 11) is 1.46. The molecule has 9 heteroatoms. The number of nitrogens with zero attached hydrogens (tertiary/aromatic N) is 2. The number of nitrogens with one attached hydrogen (secondary N) is 1. The summed E-state index contributed by atoms with van der Waals surface area (Å²) in [5.74, 6) is -1.68. The van der Waals surface area contributed by atoms with Gasteiger partial charge < -0.3 is 15.3 Å². The van der Waals surface area contributed by atoms with E-state index in [1.165, 1.54) is 23.7 Å². The summed E-state index contributed by atoms with van der Waals surface area (Å²) < 4.78 is 0. The Balaban J connectivity index is 2.55. The van der Waals surface area contributed by atoms with Crippen LogP contribution in [0, 0.1) is 0 Å². The predicted molar refractivity (Wildman–Crippen MR) is 72.3 cm³/mol. The minimum Gasteiger partial charge on any atom is -0.480 e. The highest BCUT2D eigenvalue weighted by Gasteiger charge is 2.35. The average Bonchev–Trinajstić information content (AvgIpc) is 2.61. The number of carbonyl (C=O) groups excluding carboxylic acids is 3. The maximum absolute atomic E-state index is 11.7. The number of carbonyl (C=O) groups is 4. The normalized spacial score (nSPS) is 16.5. The molecule has 0 spiro atoms. The molecule has 1 fully saturated rings. The Labute approximate surface area is 120 Å². The molecular weight excluding hydrogens is 286 g/mol. The molecule has 1 atom stereocenters. The zero-order valence-corrected chi connectivity index (χ0v) is 12.1. The van der Waals surface area contributed by atoms with Crippen molar-refractivity contribution in [1.29, 1.82) is 0 Å². The lowest BCUT2D eigenvalue weighted by molar-refractivity contribution is -0.142. The molecule has 8 nitrogen and oxygen atoms in total. The van der Waals surface area contributed by atoms with Gasteiger partial charge in [0, 0.05) is 7.05 Å². The monoisotopic (exact) mass is 303 g/mol. The van der Waals surface area contributed by atoms with Crippen molar-refractivity contribution in [2.75, 3.05) is 32.1 Å². The highest BCUT2D eigenvalue weighted by Crippen LogP contribution is 2.07. The first-order chi connectivity index (χ1) is 9.36. The maximum Gasteiger partial charge on any atom is 0.327 e. The Kier molecular flexibility index (Phi) is 5.81. The molecule has 2 N–H and O–H groups in total. The fourth-order valence-corrected chi connectivity index (χ4v) is 2.17. The minimum absolute atomic E-state index is 0.0685. The van der Waals surface area contributed by atoms with Gasteiger partial charge in [-0.2, -0.15) is 11.8 Å². The predicted octanol–water partition coefficient (Wildman–Crippen LogP) is -0.797. The van der Waals surface area contributed by atoms with Crippen LogP contribution in [0.25, 0.3) is 0 Å². The fraction of sp³-hybridized carbons (Fsp3) is 0.636. The molecule has 1 saturated heterocycles. The van der Waals surface area contributed by atoms with E-state index < -0.39 is 36.4 Å². The van der Waals surface area contributed by atoms with Crippen LogP contribution in [-0.4, -0.2) is 76.9 Å². The highest BCUT2D eigenvalue weighted by molar-refractivity contribution is 7.98. The second-order valence-corrected chi connectivity index (χ2v) is 5.34. The van der Waals surface area contributed by atoms with Crippen LogP contribution in [0.1, 0.15) is 6.42 Å². The number of carboxylic acids is 1. The Hall–Kier alpha value is -1.77. The Morgan fingerprint density at radius 3 is 2.55 bits per heavy atom. The molecule has 1 aliphatic heterocycles. The molecule has 0 unspecified atom stereocenters. The Morgan fingerprint density at radius 2 is 2.10 bits per heavy atom. The van der Waals surface area contributed by atoms with Crippen LogP contribution >= 0.6 is 11.8 Å². The van der Waals surface area contributed by atoms with Gasteiger partial charge in [0.15, 0.2) is 0 Å². The Bertz CT molecular complexity index is 428. The van der Waals surface area contributed by atoms with Crippen LogP contribution in [0.5, 0.6) is 0 Å². The third kappa shape index (κ3) is 4.12. The molecule has 0 radical (unpaired) electrons. The molecule has 1 aliphatic rings. The van der Waals surface area contributed by atoms with Crippen LogP contribution in [0.4, 0.5) is 4.79 Å². The first-order valence-corrected chi connectivity index (χ1v) is 7.32. The lowest BCUT2D eigenvalue weighted by Crippen LogP contribution is -2.47. The van der Waals surface area contributed by atoms with Crippen molar-refractivity contribution in [3.05, 3.63) is 0 Å². The van der Waals surface area contributed by atoms with Crippen LogP contribution in [0.2, 0.25) is 0 Å². The molecule has 112 valence electrons. The molecule has 0 aromatic rings. The zero-order chi connectivity index (χ0) is 15.3. The van der Waals surface area contributed by atoms with E-state index in [0.717, 1.165) is 4.90 Å². The van der Waals surface area contributed by atoms with Crippen molar-refractivity contribution < 1.29 is 24.3 Å². The molecule has 0 aromatic carbocycles. The van der Waals surface area contributed by atoms with E-state index in [2.05, 4.69) is 5.32 Å². The lowest BCUT2D eigenvalue weighted by Gasteiger charge is -2.17. The van der Waals surface area contributed by atoms with Crippen molar-refractivity contribution in [2.45, 2.75) is 12.5 Å². The van der Waals surface area contributed by atoms with E-state index in [1.54, 1.807) is 0 Å².